The lowest BCUT2D eigenvalue weighted by atomic mass is 10.1. The summed E-state index contributed by atoms with van der Waals surface area (Å²) in [6.45, 7) is 6.91. The van der Waals surface area contributed by atoms with Crippen molar-refractivity contribution >= 4 is 34.3 Å². The van der Waals surface area contributed by atoms with Crippen LogP contribution in [0.1, 0.15) is 5.56 Å². The summed E-state index contributed by atoms with van der Waals surface area (Å²) in [5.41, 5.74) is 4.43. The van der Waals surface area contributed by atoms with E-state index in [-0.39, 0.29) is 11.9 Å². The van der Waals surface area contributed by atoms with Crippen LogP contribution in [0.5, 0.6) is 11.5 Å². The minimum Gasteiger partial charge on any atom is -0.457 e. The predicted molar refractivity (Wildman–Crippen MR) is 135 cm³/mol. The number of anilines is 3. The maximum Gasteiger partial charge on any atom is 0.243 e. The van der Waals surface area contributed by atoms with Gasteiger partial charge in [0.25, 0.3) is 0 Å². The molecule has 180 valence electrons. The van der Waals surface area contributed by atoms with E-state index in [0.717, 1.165) is 33.9 Å². The summed E-state index contributed by atoms with van der Waals surface area (Å²) in [5.74, 6) is 1.96. The third kappa shape index (κ3) is 3.96. The van der Waals surface area contributed by atoms with Crippen molar-refractivity contribution in [1.29, 1.82) is 0 Å². The van der Waals surface area contributed by atoms with Gasteiger partial charge in [-0.15, -0.1) is 0 Å². The van der Waals surface area contributed by atoms with Crippen LogP contribution in [0, 0.1) is 6.92 Å². The number of hydrogen-bond acceptors (Lipinski definition) is 8. The molecule has 1 amide bonds. The lowest BCUT2D eigenvalue weighted by Gasteiger charge is -2.40. The van der Waals surface area contributed by atoms with Crippen LogP contribution in [-0.2, 0) is 4.79 Å². The molecule has 1 fully saturated rings. The van der Waals surface area contributed by atoms with E-state index < -0.39 is 0 Å². The summed E-state index contributed by atoms with van der Waals surface area (Å²) < 4.78 is 9.57. The van der Waals surface area contributed by atoms with Crippen molar-refractivity contribution in [1.82, 2.24) is 34.5 Å². The Hall–Kier alpha value is -4.93. The normalized spacial score (nSPS) is 13.5. The Morgan fingerprint density at radius 3 is 2.72 bits per heavy atom. The largest absolute Gasteiger partial charge is 0.457 e. The van der Waals surface area contributed by atoms with Crippen LogP contribution in [0.15, 0.2) is 74.1 Å². The minimum absolute atomic E-state index is 0.0900. The van der Waals surface area contributed by atoms with E-state index in [1.807, 2.05) is 55.7 Å². The van der Waals surface area contributed by atoms with Crippen LogP contribution in [-0.4, -0.2) is 54.2 Å². The van der Waals surface area contributed by atoms with Crippen molar-refractivity contribution in [3.05, 3.63) is 79.7 Å². The molecule has 1 aliphatic rings. The molecular formula is C25H23N9O2. The van der Waals surface area contributed by atoms with Crippen LogP contribution in [0.3, 0.4) is 0 Å². The van der Waals surface area contributed by atoms with E-state index in [1.165, 1.54) is 18.7 Å². The van der Waals surface area contributed by atoms with Gasteiger partial charge in [-0.05, 0) is 48.9 Å². The average molecular weight is 482 g/mol. The minimum atomic E-state index is -0.158. The number of hydrogen-bond donors (Lipinski definition) is 2. The zero-order valence-corrected chi connectivity index (χ0v) is 19.5. The Labute approximate surface area is 206 Å². The Morgan fingerprint density at radius 1 is 1.08 bits per heavy atom. The van der Waals surface area contributed by atoms with Gasteiger partial charge in [-0.2, -0.15) is 10.2 Å². The van der Waals surface area contributed by atoms with E-state index >= 15 is 0 Å². The summed E-state index contributed by atoms with van der Waals surface area (Å²) in [4.78, 5) is 22.5. The van der Waals surface area contributed by atoms with Gasteiger partial charge >= 0.3 is 0 Å². The van der Waals surface area contributed by atoms with E-state index in [4.69, 9.17) is 4.74 Å². The Bertz CT molecular complexity index is 1600. The molecule has 6 rings (SSSR count). The molecule has 36 heavy (non-hydrogen) atoms. The molecule has 0 bridgehead atoms. The summed E-state index contributed by atoms with van der Waals surface area (Å²) in [5, 5.41) is 14.8. The number of amides is 1. The maximum absolute atomic E-state index is 11.6. The molecule has 1 aliphatic heterocycles. The number of aromatic nitrogens is 6. The highest BCUT2D eigenvalue weighted by Gasteiger charge is 2.30. The fraction of sp³-hybridized carbons (Fsp3) is 0.160. The summed E-state index contributed by atoms with van der Waals surface area (Å²) in [6, 6.07) is 11.7. The number of carbonyl (C=O) groups excluding carboxylic acids is 1. The number of aryl methyl sites for hydroxylation is 1. The molecule has 0 radical (unpaired) electrons. The average Bonchev–Trinajstić information content (AvgIpc) is 3.50. The smallest absolute Gasteiger partial charge is 0.243 e. The van der Waals surface area contributed by atoms with Gasteiger partial charge in [-0.3, -0.25) is 4.79 Å². The molecule has 5 aromatic rings. The van der Waals surface area contributed by atoms with Gasteiger partial charge in [-0.25, -0.2) is 19.0 Å². The number of rotatable bonds is 7. The SMILES string of the molecule is C=CC(=O)NC1CN(c2ccn3ncnc(Nc4ccc(Oc5ccn6ncnc6c5)c(C)c4)c23)C1. The molecule has 11 heteroatoms. The number of benzene rings is 1. The van der Waals surface area contributed by atoms with Gasteiger partial charge in [0.1, 0.15) is 29.7 Å². The quantitative estimate of drug-likeness (QED) is 0.341. The van der Waals surface area contributed by atoms with Crippen LogP contribution in [0.2, 0.25) is 0 Å². The number of nitrogens with zero attached hydrogens (tertiary/aromatic N) is 7. The molecule has 1 saturated heterocycles. The van der Waals surface area contributed by atoms with Crippen molar-refractivity contribution in [2.45, 2.75) is 13.0 Å². The number of pyridine rings is 1. The number of carbonyl (C=O) groups is 1. The fourth-order valence-corrected chi connectivity index (χ4v) is 4.28. The van der Waals surface area contributed by atoms with Gasteiger partial charge in [0, 0.05) is 37.2 Å². The van der Waals surface area contributed by atoms with Crippen LogP contribution in [0.4, 0.5) is 17.2 Å². The zero-order valence-electron chi connectivity index (χ0n) is 19.5. The van der Waals surface area contributed by atoms with Crippen LogP contribution >= 0.6 is 0 Å². The van der Waals surface area contributed by atoms with E-state index in [0.29, 0.717) is 24.7 Å². The first kappa shape index (κ1) is 21.6. The van der Waals surface area contributed by atoms with Crippen molar-refractivity contribution in [2.75, 3.05) is 23.3 Å². The molecule has 4 aromatic heterocycles. The maximum atomic E-state index is 11.6. The van der Waals surface area contributed by atoms with Crippen LogP contribution in [0.25, 0.3) is 11.2 Å². The van der Waals surface area contributed by atoms with Gasteiger partial charge in [0.05, 0.1) is 11.7 Å². The van der Waals surface area contributed by atoms with Crippen molar-refractivity contribution in [3.8, 4) is 11.5 Å². The highest BCUT2D eigenvalue weighted by molar-refractivity contribution is 5.89. The first-order chi connectivity index (χ1) is 17.6. The molecule has 2 N–H and O–H groups in total. The predicted octanol–water partition coefficient (Wildman–Crippen LogP) is 3.11. The lowest BCUT2D eigenvalue weighted by Crippen LogP contribution is -2.59. The third-order valence-electron chi connectivity index (χ3n) is 6.10. The Morgan fingerprint density at radius 2 is 1.89 bits per heavy atom. The standard InChI is InChI=1S/C25H23N9O2/c1-3-23(35)30-18-12-32(13-18)20-7-9-34-24(20)25(27-15-29-34)31-17-4-5-21(16(2)10-17)36-19-6-8-33-22(11-19)26-14-28-33/h3-11,14-15,18H,1,12-13H2,2H3,(H,30,35)(H,27,29,31). The third-order valence-corrected chi connectivity index (χ3v) is 6.10. The first-order valence-corrected chi connectivity index (χ1v) is 11.4. The van der Waals surface area contributed by atoms with Crippen molar-refractivity contribution in [2.24, 2.45) is 0 Å². The number of nitrogens with one attached hydrogen (secondary N) is 2. The Kier molecular flexibility index (Phi) is 5.21. The number of fused-ring (bicyclic) bond motifs is 2. The first-order valence-electron chi connectivity index (χ1n) is 11.4. The summed E-state index contributed by atoms with van der Waals surface area (Å²) in [6.07, 6.45) is 8.04. The molecule has 0 aliphatic carbocycles. The summed E-state index contributed by atoms with van der Waals surface area (Å²) >= 11 is 0. The van der Waals surface area contributed by atoms with E-state index in [1.54, 1.807) is 9.03 Å². The lowest BCUT2D eigenvalue weighted by molar-refractivity contribution is -0.117. The van der Waals surface area contributed by atoms with E-state index in [9.17, 15) is 4.79 Å². The molecule has 0 spiro atoms. The molecular weight excluding hydrogens is 458 g/mol. The molecule has 0 saturated carbocycles. The second-order valence-corrected chi connectivity index (χ2v) is 8.55. The van der Waals surface area contributed by atoms with Gasteiger partial charge in [0.2, 0.25) is 5.91 Å². The molecule has 5 heterocycles. The highest BCUT2D eigenvalue weighted by Crippen LogP contribution is 2.33. The van der Waals surface area contributed by atoms with Gasteiger partial charge in [-0.1, -0.05) is 6.58 Å². The zero-order chi connectivity index (χ0) is 24.6. The Balaban J connectivity index is 1.21. The van der Waals surface area contributed by atoms with Crippen molar-refractivity contribution in [3.63, 3.8) is 0 Å². The molecule has 0 unspecified atom stereocenters. The molecule has 11 nitrogen and oxygen atoms in total. The molecule has 0 atom stereocenters. The number of ether oxygens (including phenoxy) is 1. The van der Waals surface area contributed by atoms with Crippen molar-refractivity contribution < 1.29 is 9.53 Å². The fourth-order valence-electron chi connectivity index (χ4n) is 4.28. The van der Waals surface area contributed by atoms with Gasteiger partial charge < -0.3 is 20.3 Å². The van der Waals surface area contributed by atoms with Crippen LogP contribution < -0.4 is 20.3 Å². The molecule has 1 aromatic carbocycles. The highest BCUT2D eigenvalue weighted by atomic mass is 16.5. The topological polar surface area (TPSA) is 114 Å². The monoisotopic (exact) mass is 481 g/mol. The summed E-state index contributed by atoms with van der Waals surface area (Å²) in [7, 11) is 0. The van der Waals surface area contributed by atoms with Gasteiger partial charge in [0.15, 0.2) is 11.5 Å². The second-order valence-electron chi connectivity index (χ2n) is 8.55. The van der Waals surface area contributed by atoms with E-state index in [2.05, 4.69) is 42.3 Å². The second kappa shape index (κ2) is 8.69.